The predicted octanol–water partition coefficient (Wildman–Crippen LogP) is 0.593. The highest BCUT2D eigenvalue weighted by molar-refractivity contribution is 5.34. The molecular weight excluding hydrogens is 224 g/mol. The summed E-state index contributed by atoms with van der Waals surface area (Å²) < 4.78 is 0. The van der Waals surface area contributed by atoms with E-state index in [1.165, 1.54) is 12.4 Å². The Morgan fingerprint density at radius 3 is 2.47 bits per heavy atom. The first-order chi connectivity index (χ1) is 8.20. The second-order valence-electron chi connectivity index (χ2n) is 4.11. The highest BCUT2D eigenvalue weighted by Gasteiger charge is 2.20. The molecule has 1 aliphatic heterocycles. The molecule has 0 amide bonds. The van der Waals surface area contributed by atoms with E-state index in [0.717, 1.165) is 25.9 Å². The minimum absolute atomic E-state index is 0.0982. The number of nitrogens with zero attached hydrogens (tertiary/aromatic N) is 4. The Morgan fingerprint density at radius 1 is 1.41 bits per heavy atom. The smallest absolute Gasteiger partial charge is 0.305 e. The first-order valence-corrected chi connectivity index (χ1v) is 5.53. The van der Waals surface area contributed by atoms with Gasteiger partial charge < -0.3 is 10.0 Å². The normalized spacial score (nSPS) is 17.1. The van der Waals surface area contributed by atoms with Crippen LogP contribution in [0.15, 0.2) is 12.4 Å². The molecule has 1 fully saturated rings. The maximum atomic E-state index is 10.5. The van der Waals surface area contributed by atoms with E-state index in [1.807, 2.05) is 4.90 Å². The van der Waals surface area contributed by atoms with Crippen molar-refractivity contribution in [2.75, 3.05) is 24.6 Å². The van der Waals surface area contributed by atoms with E-state index in [0.29, 0.717) is 11.9 Å². The molecule has 1 aromatic rings. The van der Waals surface area contributed by atoms with Gasteiger partial charge in [0.2, 0.25) is 5.95 Å². The molecule has 0 saturated carbocycles. The zero-order chi connectivity index (χ0) is 12.3. The lowest BCUT2D eigenvalue weighted by Gasteiger charge is -2.30. The van der Waals surface area contributed by atoms with Gasteiger partial charge in [0.05, 0.1) is 4.92 Å². The van der Waals surface area contributed by atoms with Crippen LogP contribution in [0, 0.1) is 16.0 Å². The lowest BCUT2D eigenvalue weighted by Crippen LogP contribution is -2.35. The van der Waals surface area contributed by atoms with Crippen molar-refractivity contribution in [1.82, 2.24) is 9.97 Å². The molecule has 0 aromatic carbocycles. The zero-order valence-corrected chi connectivity index (χ0v) is 9.32. The van der Waals surface area contributed by atoms with Crippen molar-refractivity contribution in [3.05, 3.63) is 22.5 Å². The maximum absolute atomic E-state index is 10.5. The predicted molar refractivity (Wildman–Crippen MR) is 60.7 cm³/mol. The number of piperidine rings is 1. The third-order valence-corrected chi connectivity index (χ3v) is 2.99. The molecule has 0 unspecified atom stereocenters. The minimum atomic E-state index is -0.512. The first kappa shape index (κ1) is 11.7. The van der Waals surface area contributed by atoms with Crippen molar-refractivity contribution in [2.24, 2.45) is 5.92 Å². The molecule has 0 atom stereocenters. The van der Waals surface area contributed by atoms with E-state index in [9.17, 15) is 10.1 Å². The number of hydrogen-bond donors (Lipinski definition) is 1. The molecule has 1 N–H and O–H groups in total. The molecule has 7 heteroatoms. The topological polar surface area (TPSA) is 92.4 Å². The Kier molecular flexibility index (Phi) is 3.48. The summed E-state index contributed by atoms with van der Waals surface area (Å²) in [7, 11) is 0. The second kappa shape index (κ2) is 5.05. The molecule has 1 aromatic heterocycles. The fourth-order valence-electron chi connectivity index (χ4n) is 1.89. The average molecular weight is 238 g/mol. The highest BCUT2D eigenvalue weighted by Crippen LogP contribution is 2.20. The molecule has 0 spiro atoms. The number of rotatable bonds is 3. The van der Waals surface area contributed by atoms with Gasteiger partial charge in [0.25, 0.3) is 0 Å². The lowest BCUT2D eigenvalue weighted by molar-refractivity contribution is -0.385. The highest BCUT2D eigenvalue weighted by atomic mass is 16.6. The van der Waals surface area contributed by atoms with Gasteiger partial charge >= 0.3 is 5.69 Å². The van der Waals surface area contributed by atoms with Crippen LogP contribution in [0.1, 0.15) is 12.8 Å². The summed E-state index contributed by atoms with van der Waals surface area (Å²) in [5.41, 5.74) is -0.0982. The van der Waals surface area contributed by atoms with Crippen LogP contribution in [-0.2, 0) is 0 Å². The monoisotopic (exact) mass is 238 g/mol. The summed E-state index contributed by atoms with van der Waals surface area (Å²) in [6, 6.07) is 0. The van der Waals surface area contributed by atoms with Crippen molar-refractivity contribution in [3.63, 3.8) is 0 Å². The van der Waals surface area contributed by atoms with Crippen LogP contribution in [0.5, 0.6) is 0 Å². The van der Waals surface area contributed by atoms with Crippen LogP contribution in [-0.4, -0.2) is 39.7 Å². The molecule has 0 aliphatic carbocycles. The molecule has 7 nitrogen and oxygen atoms in total. The van der Waals surface area contributed by atoms with Crippen molar-refractivity contribution >= 4 is 11.6 Å². The molecule has 1 saturated heterocycles. The quantitative estimate of drug-likeness (QED) is 0.612. The van der Waals surface area contributed by atoms with Crippen LogP contribution in [0.2, 0.25) is 0 Å². The van der Waals surface area contributed by atoms with E-state index in [4.69, 9.17) is 5.11 Å². The summed E-state index contributed by atoms with van der Waals surface area (Å²) in [5, 5.41) is 19.5. The van der Waals surface area contributed by atoms with E-state index in [-0.39, 0.29) is 12.3 Å². The molecular formula is C10H14N4O3. The van der Waals surface area contributed by atoms with E-state index >= 15 is 0 Å². The number of aliphatic hydroxyl groups excluding tert-OH is 1. The largest absolute Gasteiger partial charge is 0.396 e. The average Bonchev–Trinajstić information content (AvgIpc) is 2.39. The van der Waals surface area contributed by atoms with Gasteiger partial charge in [-0.1, -0.05) is 0 Å². The van der Waals surface area contributed by atoms with Crippen molar-refractivity contribution < 1.29 is 10.0 Å². The molecule has 1 aliphatic rings. The number of nitro groups is 1. The molecule has 92 valence electrons. The second-order valence-corrected chi connectivity index (χ2v) is 4.11. The van der Waals surface area contributed by atoms with Gasteiger partial charge in [-0.15, -0.1) is 0 Å². The lowest BCUT2D eigenvalue weighted by atomic mass is 9.98. The third kappa shape index (κ3) is 2.68. The van der Waals surface area contributed by atoms with Gasteiger partial charge in [0.1, 0.15) is 12.4 Å². The maximum Gasteiger partial charge on any atom is 0.305 e. The Labute approximate surface area is 98.3 Å². The summed E-state index contributed by atoms with van der Waals surface area (Å²) in [4.78, 5) is 19.9. The van der Waals surface area contributed by atoms with Gasteiger partial charge in [0, 0.05) is 19.7 Å². The minimum Gasteiger partial charge on any atom is -0.396 e. The number of hydrogen-bond acceptors (Lipinski definition) is 6. The summed E-state index contributed by atoms with van der Waals surface area (Å²) in [6.07, 6.45) is 4.24. The van der Waals surface area contributed by atoms with Crippen LogP contribution < -0.4 is 4.90 Å². The zero-order valence-electron chi connectivity index (χ0n) is 9.32. The van der Waals surface area contributed by atoms with Crippen LogP contribution in [0.25, 0.3) is 0 Å². The van der Waals surface area contributed by atoms with Crippen molar-refractivity contribution in [1.29, 1.82) is 0 Å². The Balaban J connectivity index is 2.01. The number of anilines is 1. The van der Waals surface area contributed by atoms with E-state index < -0.39 is 4.92 Å². The van der Waals surface area contributed by atoms with Crippen LogP contribution >= 0.6 is 0 Å². The standard InChI is InChI=1S/C10H14N4O3/c15-7-8-1-3-13(4-2-8)10-11-5-9(6-12-10)14(16)17/h5-6,8,15H,1-4,7H2. The van der Waals surface area contributed by atoms with Crippen molar-refractivity contribution in [2.45, 2.75) is 12.8 Å². The molecule has 2 rings (SSSR count). The SMILES string of the molecule is O=[N+]([O-])c1cnc(N2CCC(CO)CC2)nc1. The fourth-order valence-corrected chi connectivity index (χ4v) is 1.89. The molecule has 0 radical (unpaired) electrons. The van der Waals surface area contributed by atoms with Gasteiger partial charge in [-0.25, -0.2) is 9.97 Å². The first-order valence-electron chi connectivity index (χ1n) is 5.53. The van der Waals surface area contributed by atoms with Crippen molar-refractivity contribution in [3.8, 4) is 0 Å². The van der Waals surface area contributed by atoms with Crippen LogP contribution in [0.4, 0.5) is 11.6 Å². The molecule has 0 bridgehead atoms. The summed E-state index contributed by atoms with van der Waals surface area (Å²) in [5.74, 6) is 0.872. The van der Waals surface area contributed by atoms with Gasteiger partial charge in [-0.05, 0) is 18.8 Å². The van der Waals surface area contributed by atoms with E-state index in [2.05, 4.69) is 9.97 Å². The van der Waals surface area contributed by atoms with Gasteiger partial charge in [-0.2, -0.15) is 0 Å². The number of aliphatic hydroxyl groups is 1. The third-order valence-electron chi connectivity index (χ3n) is 2.99. The molecule has 17 heavy (non-hydrogen) atoms. The van der Waals surface area contributed by atoms with Gasteiger partial charge in [-0.3, -0.25) is 10.1 Å². The number of aromatic nitrogens is 2. The Hall–Kier alpha value is -1.76. The summed E-state index contributed by atoms with van der Waals surface area (Å²) in [6.45, 7) is 1.78. The molecule has 2 heterocycles. The Bertz CT molecular complexity index is 387. The Morgan fingerprint density at radius 2 is 2.00 bits per heavy atom. The van der Waals surface area contributed by atoms with Crippen LogP contribution in [0.3, 0.4) is 0 Å². The fraction of sp³-hybridized carbons (Fsp3) is 0.600. The van der Waals surface area contributed by atoms with E-state index in [1.54, 1.807) is 0 Å². The summed E-state index contributed by atoms with van der Waals surface area (Å²) >= 11 is 0. The van der Waals surface area contributed by atoms with Gasteiger partial charge in [0.15, 0.2) is 0 Å².